The van der Waals surface area contributed by atoms with Crippen LogP contribution < -0.4 is 10.1 Å². The number of benzene rings is 2. The maximum Gasteiger partial charge on any atom is 0.251 e. The van der Waals surface area contributed by atoms with Crippen molar-refractivity contribution in [1.29, 1.82) is 0 Å². The SMILES string of the molecule is Cc1noc(C)c1COc1ccc(C(=O)N[C@@H]2CN(Cc3ccccc3)CCC[C@H]2O)cc1. The molecule has 4 rings (SSSR count). The van der Waals surface area contributed by atoms with E-state index in [0.29, 0.717) is 30.9 Å². The summed E-state index contributed by atoms with van der Waals surface area (Å²) in [7, 11) is 0. The number of likely N-dealkylation sites (tertiary alicyclic amines) is 1. The molecule has 7 nitrogen and oxygen atoms in total. The summed E-state index contributed by atoms with van der Waals surface area (Å²) in [5.41, 5.74) is 3.50. The molecule has 0 aliphatic carbocycles. The van der Waals surface area contributed by atoms with E-state index in [0.717, 1.165) is 36.5 Å². The molecule has 1 amide bonds. The number of aliphatic hydroxyl groups excluding tert-OH is 1. The third-order valence-electron chi connectivity index (χ3n) is 6.14. The summed E-state index contributed by atoms with van der Waals surface area (Å²) < 4.78 is 11.0. The van der Waals surface area contributed by atoms with Gasteiger partial charge in [-0.2, -0.15) is 0 Å². The molecule has 1 aliphatic heterocycles. The van der Waals surface area contributed by atoms with Crippen LogP contribution in [0.1, 0.15) is 45.8 Å². The predicted octanol–water partition coefficient (Wildman–Crippen LogP) is 3.63. The number of aromatic nitrogens is 1. The first-order valence-electron chi connectivity index (χ1n) is 11.4. The molecule has 0 bridgehead atoms. The highest BCUT2D eigenvalue weighted by Crippen LogP contribution is 2.19. The molecule has 7 heteroatoms. The molecule has 0 saturated carbocycles. The number of aryl methyl sites for hydroxylation is 2. The molecule has 0 unspecified atom stereocenters. The van der Waals surface area contributed by atoms with E-state index in [9.17, 15) is 9.90 Å². The number of rotatable bonds is 7. The van der Waals surface area contributed by atoms with Gasteiger partial charge in [0.25, 0.3) is 5.91 Å². The highest BCUT2D eigenvalue weighted by molar-refractivity contribution is 5.94. The highest BCUT2D eigenvalue weighted by Gasteiger charge is 2.27. The van der Waals surface area contributed by atoms with Crippen molar-refractivity contribution in [3.05, 3.63) is 82.7 Å². The fourth-order valence-corrected chi connectivity index (χ4v) is 4.16. The highest BCUT2D eigenvalue weighted by atomic mass is 16.5. The van der Waals surface area contributed by atoms with Crippen LogP contribution in [0.4, 0.5) is 0 Å². The summed E-state index contributed by atoms with van der Waals surface area (Å²) >= 11 is 0. The Hall–Kier alpha value is -3.16. The number of hydrogen-bond donors (Lipinski definition) is 2. The number of amides is 1. The second-order valence-corrected chi connectivity index (χ2v) is 8.63. The molecule has 2 atom stereocenters. The third kappa shape index (κ3) is 6.00. The Morgan fingerprint density at radius 2 is 1.94 bits per heavy atom. The molecule has 1 fully saturated rings. The van der Waals surface area contributed by atoms with E-state index < -0.39 is 6.10 Å². The van der Waals surface area contributed by atoms with E-state index in [4.69, 9.17) is 9.26 Å². The largest absolute Gasteiger partial charge is 0.489 e. The van der Waals surface area contributed by atoms with E-state index in [1.807, 2.05) is 32.0 Å². The Kier molecular flexibility index (Phi) is 7.42. The van der Waals surface area contributed by atoms with Crippen LogP contribution in [-0.2, 0) is 13.2 Å². The Morgan fingerprint density at radius 1 is 1.18 bits per heavy atom. The first-order chi connectivity index (χ1) is 16.0. The molecule has 1 aliphatic rings. The summed E-state index contributed by atoms with van der Waals surface area (Å²) in [6.07, 6.45) is 1.01. The van der Waals surface area contributed by atoms with Crippen LogP contribution in [0.3, 0.4) is 0 Å². The van der Waals surface area contributed by atoms with Crippen molar-refractivity contribution in [3.63, 3.8) is 0 Å². The van der Waals surface area contributed by atoms with E-state index >= 15 is 0 Å². The maximum atomic E-state index is 12.9. The molecule has 0 spiro atoms. The number of nitrogens with zero attached hydrogens (tertiary/aromatic N) is 2. The van der Waals surface area contributed by atoms with Gasteiger partial charge < -0.3 is 19.7 Å². The zero-order chi connectivity index (χ0) is 23.2. The molecule has 2 aromatic carbocycles. The van der Waals surface area contributed by atoms with Crippen LogP contribution in [0.2, 0.25) is 0 Å². The number of ether oxygens (including phenoxy) is 1. The second-order valence-electron chi connectivity index (χ2n) is 8.63. The Bertz CT molecular complexity index is 1030. The summed E-state index contributed by atoms with van der Waals surface area (Å²) in [4.78, 5) is 15.2. The minimum Gasteiger partial charge on any atom is -0.489 e. The quantitative estimate of drug-likeness (QED) is 0.573. The number of aliphatic hydroxyl groups is 1. The van der Waals surface area contributed by atoms with Crippen molar-refractivity contribution < 1.29 is 19.2 Å². The lowest BCUT2D eigenvalue weighted by Crippen LogP contribution is -2.48. The average Bonchev–Trinajstić information content (AvgIpc) is 3.04. The van der Waals surface area contributed by atoms with E-state index in [1.165, 1.54) is 5.56 Å². The van der Waals surface area contributed by atoms with Crippen LogP contribution in [0.25, 0.3) is 0 Å². The third-order valence-corrected chi connectivity index (χ3v) is 6.14. The van der Waals surface area contributed by atoms with Crippen molar-refractivity contribution in [1.82, 2.24) is 15.4 Å². The summed E-state index contributed by atoms with van der Waals surface area (Å²) in [5.74, 6) is 1.21. The van der Waals surface area contributed by atoms with E-state index in [2.05, 4.69) is 27.5 Å². The molecule has 2 N–H and O–H groups in total. The van der Waals surface area contributed by atoms with Crippen LogP contribution in [0.15, 0.2) is 59.1 Å². The van der Waals surface area contributed by atoms with Crippen LogP contribution in [-0.4, -0.2) is 46.3 Å². The molecule has 1 saturated heterocycles. The summed E-state index contributed by atoms with van der Waals surface area (Å²) in [6, 6.07) is 17.0. The molecule has 2 heterocycles. The Balaban J connectivity index is 1.34. The van der Waals surface area contributed by atoms with Crippen molar-refractivity contribution in [3.8, 4) is 5.75 Å². The fraction of sp³-hybridized carbons (Fsp3) is 0.385. The number of carbonyl (C=O) groups is 1. The van der Waals surface area contributed by atoms with Gasteiger partial charge in [-0.3, -0.25) is 9.69 Å². The standard InChI is InChI=1S/C26H31N3O4/c1-18-23(19(2)33-28-18)17-32-22-12-10-21(11-13-22)26(31)27-24-16-29(14-6-9-25(24)30)15-20-7-4-3-5-8-20/h3-5,7-8,10-13,24-25,30H,6,9,14-17H2,1-2H3,(H,27,31)/t24-,25-/m1/s1. The number of nitrogens with one attached hydrogen (secondary N) is 1. The Morgan fingerprint density at radius 3 is 2.64 bits per heavy atom. The molecule has 1 aromatic heterocycles. The molecular formula is C26H31N3O4. The lowest BCUT2D eigenvalue weighted by atomic mass is 10.1. The normalized spacial score (nSPS) is 19.1. The van der Waals surface area contributed by atoms with Gasteiger partial charge >= 0.3 is 0 Å². The summed E-state index contributed by atoms with van der Waals surface area (Å²) in [5, 5.41) is 17.6. The van der Waals surface area contributed by atoms with Crippen molar-refractivity contribution in [2.24, 2.45) is 0 Å². The lowest BCUT2D eigenvalue weighted by molar-refractivity contribution is 0.0798. The van der Waals surface area contributed by atoms with Gasteiger partial charge in [-0.05, 0) is 63.1 Å². The summed E-state index contributed by atoms with van der Waals surface area (Å²) in [6.45, 7) is 6.41. The van der Waals surface area contributed by atoms with Gasteiger partial charge in [0.2, 0.25) is 0 Å². The van der Waals surface area contributed by atoms with Gasteiger partial charge in [-0.15, -0.1) is 0 Å². The van der Waals surface area contributed by atoms with E-state index in [-0.39, 0.29) is 11.9 Å². The minimum absolute atomic E-state index is 0.196. The van der Waals surface area contributed by atoms with Crippen LogP contribution in [0.5, 0.6) is 5.75 Å². The zero-order valence-corrected chi connectivity index (χ0v) is 19.2. The van der Waals surface area contributed by atoms with Gasteiger partial charge in [-0.1, -0.05) is 35.5 Å². The van der Waals surface area contributed by atoms with Gasteiger partial charge in [0.1, 0.15) is 18.1 Å². The minimum atomic E-state index is -0.563. The Labute approximate surface area is 194 Å². The smallest absolute Gasteiger partial charge is 0.251 e. The topological polar surface area (TPSA) is 87.8 Å². The van der Waals surface area contributed by atoms with Crippen LogP contribution >= 0.6 is 0 Å². The van der Waals surface area contributed by atoms with Gasteiger partial charge in [0, 0.05) is 18.7 Å². The van der Waals surface area contributed by atoms with Crippen molar-refractivity contribution >= 4 is 5.91 Å². The predicted molar refractivity (Wildman–Crippen MR) is 125 cm³/mol. The number of carbonyl (C=O) groups excluding carboxylic acids is 1. The zero-order valence-electron chi connectivity index (χ0n) is 19.2. The maximum absolute atomic E-state index is 12.9. The lowest BCUT2D eigenvalue weighted by Gasteiger charge is -2.27. The molecule has 174 valence electrons. The van der Waals surface area contributed by atoms with Crippen molar-refractivity contribution in [2.75, 3.05) is 13.1 Å². The van der Waals surface area contributed by atoms with Gasteiger partial charge in [0.15, 0.2) is 0 Å². The van der Waals surface area contributed by atoms with Gasteiger partial charge in [0.05, 0.1) is 23.4 Å². The number of hydrogen-bond acceptors (Lipinski definition) is 6. The molecular weight excluding hydrogens is 418 g/mol. The fourth-order valence-electron chi connectivity index (χ4n) is 4.16. The van der Waals surface area contributed by atoms with Gasteiger partial charge in [-0.25, -0.2) is 0 Å². The molecule has 0 radical (unpaired) electrons. The molecule has 3 aromatic rings. The first-order valence-corrected chi connectivity index (χ1v) is 11.4. The average molecular weight is 450 g/mol. The first kappa shape index (κ1) is 23.0. The second kappa shape index (κ2) is 10.6. The monoisotopic (exact) mass is 449 g/mol. The van der Waals surface area contributed by atoms with Crippen molar-refractivity contribution in [2.45, 2.75) is 52.0 Å². The molecule has 33 heavy (non-hydrogen) atoms. The van der Waals surface area contributed by atoms with Crippen LogP contribution in [0, 0.1) is 13.8 Å². The van der Waals surface area contributed by atoms with E-state index in [1.54, 1.807) is 24.3 Å².